The van der Waals surface area contributed by atoms with Gasteiger partial charge in [-0.05, 0) is 0 Å². The van der Waals surface area contributed by atoms with Gasteiger partial charge >= 0.3 is 11.9 Å². The summed E-state index contributed by atoms with van der Waals surface area (Å²) in [6, 6.07) is 0. The lowest BCUT2D eigenvalue weighted by Gasteiger charge is -1.97. The molecule has 6 nitrogen and oxygen atoms in total. The number of rotatable bonds is 4. The quantitative estimate of drug-likeness (QED) is 0.501. The molecule has 6 heteroatoms. The number of hydrogen-bond acceptors (Lipinski definition) is 3. The predicted octanol–water partition coefficient (Wildman–Crippen LogP) is -0.782. The first-order chi connectivity index (χ1) is 5.97. The van der Waals surface area contributed by atoms with Crippen LogP contribution in [0, 0.1) is 0 Å². The second kappa shape index (κ2) is 4.91. The van der Waals surface area contributed by atoms with Crippen molar-refractivity contribution in [2.45, 2.75) is 6.42 Å². The van der Waals surface area contributed by atoms with Gasteiger partial charge in [-0.2, -0.15) is 0 Å². The van der Waals surface area contributed by atoms with E-state index in [9.17, 15) is 14.4 Å². The van der Waals surface area contributed by atoms with Gasteiger partial charge in [-0.3, -0.25) is 9.59 Å². The van der Waals surface area contributed by atoms with E-state index in [1.807, 2.05) is 0 Å². The maximum atomic E-state index is 10.7. The molecule has 0 unspecified atom stereocenters. The van der Waals surface area contributed by atoms with Gasteiger partial charge in [0.05, 0.1) is 12.0 Å². The van der Waals surface area contributed by atoms with E-state index in [2.05, 4.69) is 5.32 Å². The Morgan fingerprint density at radius 3 is 2.15 bits per heavy atom. The van der Waals surface area contributed by atoms with E-state index < -0.39 is 29.8 Å². The molecule has 0 rings (SSSR count). The standard InChI is InChI=1S/C7H9NO5/c1-8-5(9)2-4(7(12)13)3-6(10)11/h2H,3H2,1H3,(H,8,9)(H,10,11)(H,12,13). The number of nitrogens with one attached hydrogen (secondary N) is 1. The zero-order chi connectivity index (χ0) is 10.4. The molecule has 0 fully saturated rings. The molecule has 72 valence electrons. The monoisotopic (exact) mass is 187 g/mol. The summed E-state index contributed by atoms with van der Waals surface area (Å²) in [5, 5.41) is 18.9. The van der Waals surface area contributed by atoms with E-state index in [1.54, 1.807) is 0 Å². The van der Waals surface area contributed by atoms with Crippen LogP contribution in [0.5, 0.6) is 0 Å². The lowest BCUT2D eigenvalue weighted by Crippen LogP contribution is -2.17. The first kappa shape index (κ1) is 11.2. The fraction of sp³-hybridized carbons (Fsp3) is 0.286. The Morgan fingerprint density at radius 1 is 1.31 bits per heavy atom. The lowest BCUT2D eigenvalue weighted by atomic mass is 10.2. The van der Waals surface area contributed by atoms with Crippen molar-refractivity contribution in [1.29, 1.82) is 0 Å². The smallest absolute Gasteiger partial charge is 0.332 e. The zero-order valence-electron chi connectivity index (χ0n) is 6.90. The Labute approximate surface area is 73.9 Å². The molecule has 0 radical (unpaired) electrons. The van der Waals surface area contributed by atoms with Gasteiger partial charge < -0.3 is 15.5 Å². The summed E-state index contributed by atoms with van der Waals surface area (Å²) >= 11 is 0. The Bertz CT molecular complexity index is 268. The van der Waals surface area contributed by atoms with Crippen molar-refractivity contribution in [2.24, 2.45) is 0 Å². The molecule has 0 aliphatic heterocycles. The maximum Gasteiger partial charge on any atom is 0.332 e. The molecule has 0 aromatic carbocycles. The van der Waals surface area contributed by atoms with E-state index in [1.165, 1.54) is 7.05 Å². The first-order valence-corrected chi connectivity index (χ1v) is 3.34. The SMILES string of the molecule is CNC(=O)C=C(CC(=O)O)C(=O)O. The van der Waals surface area contributed by atoms with E-state index in [-0.39, 0.29) is 0 Å². The Kier molecular flexibility index (Phi) is 4.21. The van der Waals surface area contributed by atoms with E-state index >= 15 is 0 Å². The number of carbonyl (C=O) groups is 3. The Morgan fingerprint density at radius 2 is 1.85 bits per heavy atom. The van der Waals surface area contributed by atoms with Crippen molar-refractivity contribution in [1.82, 2.24) is 5.32 Å². The van der Waals surface area contributed by atoms with Crippen molar-refractivity contribution in [3.8, 4) is 0 Å². The fourth-order valence-corrected chi connectivity index (χ4v) is 0.582. The largest absolute Gasteiger partial charge is 0.481 e. The molecule has 0 aromatic rings. The minimum Gasteiger partial charge on any atom is -0.481 e. The van der Waals surface area contributed by atoms with Crippen molar-refractivity contribution in [3.63, 3.8) is 0 Å². The van der Waals surface area contributed by atoms with Gasteiger partial charge in [-0.1, -0.05) is 0 Å². The number of amides is 1. The Balaban J connectivity index is 4.60. The van der Waals surface area contributed by atoms with Crippen LogP contribution in [-0.2, 0) is 14.4 Å². The number of aliphatic carboxylic acids is 2. The van der Waals surface area contributed by atoms with Gasteiger partial charge in [-0.15, -0.1) is 0 Å². The molecule has 0 aromatic heterocycles. The molecule has 0 aliphatic rings. The number of carbonyl (C=O) groups excluding carboxylic acids is 1. The molecular formula is C7H9NO5. The molecule has 13 heavy (non-hydrogen) atoms. The highest BCUT2D eigenvalue weighted by Gasteiger charge is 2.12. The van der Waals surface area contributed by atoms with Crippen LogP contribution in [0.3, 0.4) is 0 Å². The van der Waals surface area contributed by atoms with Crippen LogP contribution < -0.4 is 5.32 Å². The van der Waals surface area contributed by atoms with Gasteiger partial charge in [0.25, 0.3) is 0 Å². The molecule has 3 N–H and O–H groups in total. The number of hydrogen-bond donors (Lipinski definition) is 3. The highest BCUT2D eigenvalue weighted by Crippen LogP contribution is 2.00. The molecule has 0 heterocycles. The van der Waals surface area contributed by atoms with Crippen LogP contribution in [0.1, 0.15) is 6.42 Å². The van der Waals surface area contributed by atoms with Gasteiger partial charge in [-0.25, -0.2) is 4.79 Å². The first-order valence-electron chi connectivity index (χ1n) is 3.34. The highest BCUT2D eigenvalue weighted by molar-refractivity contribution is 6.00. The second-order valence-electron chi connectivity index (χ2n) is 2.16. The average Bonchev–Trinajstić information content (AvgIpc) is 2.02. The molecular weight excluding hydrogens is 178 g/mol. The zero-order valence-corrected chi connectivity index (χ0v) is 6.90. The van der Waals surface area contributed by atoms with Crippen LogP contribution in [0.25, 0.3) is 0 Å². The Hall–Kier alpha value is -1.85. The van der Waals surface area contributed by atoms with Crippen molar-refractivity contribution in [2.75, 3.05) is 7.05 Å². The minimum absolute atomic E-state index is 0.452. The molecule has 0 aliphatic carbocycles. The number of carboxylic acid groups (broad SMARTS) is 2. The van der Waals surface area contributed by atoms with Crippen LogP contribution in [-0.4, -0.2) is 35.1 Å². The van der Waals surface area contributed by atoms with Crippen LogP contribution in [0.15, 0.2) is 11.6 Å². The third-order valence-corrected chi connectivity index (χ3v) is 1.17. The lowest BCUT2D eigenvalue weighted by molar-refractivity contribution is -0.139. The summed E-state index contributed by atoms with van der Waals surface area (Å²) in [4.78, 5) is 31.2. The molecule has 0 spiro atoms. The minimum atomic E-state index is -1.41. The summed E-state index contributed by atoms with van der Waals surface area (Å²) in [5.74, 6) is -3.35. The van der Waals surface area contributed by atoms with Gasteiger partial charge in [0, 0.05) is 13.1 Å². The summed E-state index contributed by atoms with van der Waals surface area (Å²) < 4.78 is 0. The van der Waals surface area contributed by atoms with Crippen molar-refractivity contribution < 1.29 is 24.6 Å². The maximum absolute atomic E-state index is 10.7. The highest BCUT2D eigenvalue weighted by atomic mass is 16.4. The van der Waals surface area contributed by atoms with Crippen LogP contribution in [0.2, 0.25) is 0 Å². The number of carboxylic acids is 2. The van der Waals surface area contributed by atoms with Gasteiger partial charge in [0.1, 0.15) is 0 Å². The summed E-state index contributed by atoms with van der Waals surface area (Å²) in [6.45, 7) is 0. The summed E-state index contributed by atoms with van der Waals surface area (Å²) in [7, 11) is 1.32. The predicted molar refractivity (Wildman–Crippen MR) is 42.0 cm³/mol. The van der Waals surface area contributed by atoms with Gasteiger partial charge in [0.15, 0.2) is 0 Å². The van der Waals surface area contributed by atoms with Gasteiger partial charge in [0.2, 0.25) is 5.91 Å². The molecule has 1 amide bonds. The van der Waals surface area contributed by atoms with Crippen LogP contribution in [0.4, 0.5) is 0 Å². The van der Waals surface area contributed by atoms with E-state index in [0.717, 1.165) is 6.08 Å². The van der Waals surface area contributed by atoms with Crippen molar-refractivity contribution >= 4 is 17.8 Å². The topological polar surface area (TPSA) is 104 Å². The van der Waals surface area contributed by atoms with E-state index in [4.69, 9.17) is 10.2 Å². The molecule has 0 saturated carbocycles. The van der Waals surface area contributed by atoms with E-state index in [0.29, 0.717) is 0 Å². The molecule has 0 atom stereocenters. The molecule has 0 bridgehead atoms. The summed E-state index contributed by atoms with van der Waals surface area (Å²) in [6.07, 6.45) is 0.0687. The third-order valence-electron chi connectivity index (χ3n) is 1.17. The van der Waals surface area contributed by atoms with Crippen molar-refractivity contribution in [3.05, 3.63) is 11.6 Å². The number of likely N-dealkylation sites (N-methyl/N-ethyl adjacent to an activating group) is 1. The summed E-state index contributed by atoms with van der Waals surface area (Å²) in [5.41, 5.74) is -0.452. The average molecular weight is 187 g/mol. The second-order valence-corrected chi connectivity index (χ2v) is 2.16. The molecule has 0 saturated heterocycles. The normalized spacial score (nSPS) is 10.7. The fourth-order valence-electron chi connectivity index (χ4n) is 0.582. The third kappa shape index (κ3) is 4.57. The van der Waals surface area contributed by atoms with Crippen LogP contribution >= 0.6 is 0 Å².